The molecular formula is C20H26N2O2S. The molecule has 134 valence electrons. The number of rotatable bonds is 4. The first-order valence-corrected chi connectivity index (χ1v) is 9.61. The lowest BCUT2D eigenvalue weighted by Gasteiger charge is -2.33. The molecular weight excluding hydrogens is 332 g/mol. The van der Waals surface area contributed by atoms with E-state index < -0.39 is 0 Å². The molecule has 0 radical (unpaired) electrons. The Morgan fingerprint density at radius 1 is 1.40 bits per heavy atom. The summed E-state index contributed by atoms with van der Waals surface area (Å²) in [5, 5.41) is 3.57. The number of ether oxygens (including phenoxy) is 1. The predicted octanol–water partition coefficient (Wildman–Crippen LogP) is 4.62. The van der Waals surface area contributed by atoms with Crippen LogP contribution in [0.25, 0.3) is 0 Å². The Kier molecular flexibility index (Phi) is 5.13. The maximum absolute atomic E-state index is 12.1. The first kappa shape index (κ1) is 17.9. The third-order valence-electron chi connectivity index (χ3n) is 4.77. The topological polar surface area (TPSA) is 51.2 Å². The van der Waals surface area contributed by atoms with Crippen LogP contribution in [0.15, 0.2) is 24.3 Å². The molecule has 0 aliphatic heterocycles. The average molecular weight is 359 g/mol. The fraction of sp³-hybridized carbons (Fsp3) is 0.500. The van der Waals surface area contributed by atoms with Gasteiger partial charge in [0.05, 0.1) is 5.69 Å². The van der Waals surface area contributed by atoms with Crippen LogP contribution in [0.3, 0.4) is 0 Å². The molecule has 1 atom stereocenters. The van der Waals surface area contributed by atoms with Crippen LogP contribution in [0.4, 0.5) is 5.13 Å². The Morgan fingerprint density at radius 3 is 2.92 bits per heavy atom. The van der Waals surface area contributed by atoms with Crippen LogP contribution in [-0.4, -0.2) is 17.5 Å². The van der Waals surface area contributed by atoms with Crippen molar-refractivity contribution >= 4 is 22.4 Å². The van der Waals surface area contributed by atoms with Gasteiger partial charge < -0.3 is 4.74 Å². The summed E-state index contributed by atoms with van der Waals surface area (Å²) in [4.78, 5) is 18.1. The van der Waals surface area contributed by atoms with E-state index in [0.717, 1.165) is 24.1 Å². The lowest BCUT2D eigenvalue weighted by molar-refractivity contribution is -0.118. The zero-order valence-electron chi connectivity index (χ0n) is 15.4. The zero-order chi connectivity index (χ0) is 18.0. The first-order valence-electron chi connectivity index (χ1n) is 8.79. The molecule has 1 heterocycles. The average Bonchev–Trinajstić information content (AvgIpc) is 2.93. The maximum Gasteiger partial charge on any atom is 0.264 e. The monoisotopic (exact) mass is 358 g/mol. The predicted molar refractivity (Wildman–Crippen MR) is 102 cm³/mol. The number of hydrogen-bond donors (Lipinski definition) is 1. The van der Waals surface area contributed by atoms with Crippen molar-refractivity contribution in [3.63, 3.8) is 0 Å². The van der Waals surface area contributed by atoms with Crippen LogP contribution in [-0.2, 0) is 17.6 Å². The Labute approximate surface area is 153 Å². The number of thiazole rings is 1. The van der Waals surface area contributed by atoms with Gasteiger partial charge >= 0.3 is 0 Å². The minimum absolute atomic E-state index is 0.00167. The molecule has 5 heteroatoms. The molecule has 25 heavy (non-hydrogen) atoms. The minimum Gasteiger partial charge on any atom is -0.484 e. The van der Waals surface area contributed by atoms with E-state index in [9.17, 15) is 4.79 Å². The van der Waals surface area contributed by atoms with Crippen molar-refractivity contribution < 1.29 is 9.53 Å². The van der Waals surface area contributed by atoms with Gasteiger partial charge in [-0.15, -0.1) is 11.3 Å². The van der Waals surface area contributed by atoms with Crippen LogP contribution in [0, 0.1) is 18.3 Å². The van der Waals surface area contributed by atoms with Crippen LogP contribution < -0.4 is 10.1 Å². The Hall–Kier alpha value is -1.88. The molecule has 1 amide bonds. The fourth-order valence-corrected chi connectivity index (χ4v) is 4.28. The molecule has 1 aliphatic rings. The van der Waals surface area contributed by atoms with Gasteiger partial charge in [0.2, 0.25) is 0 Å². The molecule has 2 aromatic rings. The van der Waals surface area contributed by atoms with Gasteiger partial charge in [0.25, 0.3) is 5.91 Å². The SMILES string of the molecule is Cc1cccc(OCC(=O)Nc2nc3c(s2)C[C@H](C(C)(C)C)CC3)c1. The quantitative estimate of drug-likeness (QED) is 0.867. The number of amides is 1. The standard InChI is InChI=1S/C20H26N2O2S/c1-13-6-5-7-15(10-13)24-12-18(23)22-19-21-16-9-8-14(20(2,3)4)11-17(16)25-19/h5-7,10,14H,8-9,11-12H2,1-4H3,(H,21,22,23)/t14-/m1/s1. The van der Waals surface area contributed by atoms with Gasteiger partial charge in [-0.05, 0) is 55.2 Å². The summed E-state index contributed by atoms with van der Waals surface area (Å²) in [6, 6.07) is 7.69. The number of hydrogen-bond acceptors (Lipinski definition) is 4. The van der Waals surface area contributed by atoms with Crippen molar-refractivity contribution in [3.8, 4) is 5.75 Å². The first-order chi connectivity index (χ1) is 11.8. The molecule has 3 rings (SSSR count). The molecule has 0 saturated heterocycles. The van der Waals surface area contributed by atoms with E-state index in [4.69, 9.17) is 4.74 Å². The largest absolute Gasteiger partial charge is 0.484 e. The molecule has 0 bridgehead atoms. The van der Waals surface area contributed by atoms with Gasteiger partial charge in [-0.25, -0.2) is 4.98 Å². The van der Waals surface area contributed by atoms with Crippen molar-refractivity contribution in [3.05, 3.63) is 40.4 Å². The highest BCUT2D eigenvalue weighted by molar-refractivity contribution is 7.15. The maximum atomic E-state index is 12.1. The van der Waals surface area contributed by atoms with Gasteiger partial charge in [0.15, 0.2) is 11.7 Å². The summed E-state index contributed by atoms with van der Waals surface area (Å²) in [6.07, 6.45) is 3.24. The van der Waals surface area contributed by atoms with E-state index in [-0.39, 0.29) is 12.5 Å². The molecule has 0 fully saturated rings. The Bertz CT molecular complexity index is 761. The van der Waals surface area contributed by atoms with Crippen LogP contribution in [0.1, 0.15) is 43.3 Å². The number of carbonyl (C=O) groups excluding carboxylic acids is 1. The third kappa shape index (κ3) is 4.60. The summed E-state index contributed by atoms with van der Waals surface area (Å²) in [5.74, 6) is 1.22. The highest BCUT2D eigenvalue weighted by atomic mass is 32.1. The lowest BCUT2D eigenvalue weighted by atomic mass is 9.73. The molecule has 1 aliphatic carbocycles. The number of aromatic nitrogens is 1. The van der Waals surface area contributed by atoms with Gasteiger partial charge in [0.1, 0.15) is 5.75 Å². The smallest absolute Gasteiger partial charge is 0.264 e. The van der Waals surface area contributed by atoms with Gasteiger partial charge in [-0.1, -0.05) is 32.9 Å². The van der Waals surface area contributed by atoms with Crippen molar-refractivity contribution in [2.45, 2.75) is 47.0 Å². The van der Waals surface area contributed by atoms with Crippen LogP contribution in [0.5, 0.6) is 5.75 Å². The third-order valence-corrected chi connectivity index (χ3v) is 5.81. The van der Waals surface area contributed by atoms with Crippen LogP contribution in [0.2, 0.25) is 0 Å². The summed E-state index contributed by atoms with van der Waals surface area (Å²) in [5.41, 5.74) is 2.58. The zero-order valence-corrected chi connectivity index (χ0v) is 16.2. The number of anilines is 1. The summed E-state index contributed by atoms with van der Waals surface area (Å²) < 4.78 is 5.55. The van der Waals surface area contributed by atoms with Crippen LogP contribution >= 0.6 is 11.3 Å². The van der Waals surface area contributed by atoms with E-state index in [1.54, 1.807) is 11.3 Å². The molecule has 0 unspecified atom stereocenters. The van der Waals surface area contributed by atoms with Crippen molar-refractivity contribution in [2.75, 3.05) is 11.9 Å². The normalized spacial score (nSPS) is 17.0. The van der Waals surface area contributed by atoms with E-state index in [1.807, 2.05) is 31.2 Å². The second-order valence-corrected chi connectivity index (χ2v) is 8.93. The minimum atomic E-state index is -0.167. The highest BCUT2D eigenvalue weighted by Gasteiger charge is 2.30. The summed E-state index contributed by atoms with van der Waals surface area (Å²) in [6.45, 7) is 8.90. The molecule has 4 nitrogen and oxygen atoms in total. The molecule has 0 saturated carbocycles. The molecule has 0 spiro atoms. The van der Waals surface area contributed by atoms with E-state index in [2.05, 4.69) is 31.1 Å². The van der Waals surface area contributed by atoms with E-state index >= 15 is 0 Å². The summed E-state index contributed by atoms with van der Waals surface area (Å²) >= 11 is 1.61. The summed E-state index contributed by atoms with van der Waals surface area (Å²) in [7, 11) is 0. The fourth-order valence-electron chi connectivity index (χ4n) is 3.18. The number of aryl methyl sites for hydroxylation is 2. The number of nitrogens with zero attached hydrogens (tertiary/aromatic N) is 1. The van der Waals surface area contributed by atoms with E-state index in [1.165, 1.54) is 11.3 Å². The lowest BCUT2D eigenvalue weighted by Crippen LogP contribution is -2.26. The molecule has 1 aromatic heterocycles. The highest BCUT2D eigenvalue weighted by Crippen LogP contribution is 2.40. The molecule has 1 aromatic carbocycles. The Morgan fingerprint density at radius 2 is 2.20 bits per heavy atom. The van der Waals surface area contributed by atoms with Gasteiger partial charge in [-0.3, -0.25) is 10.1 Å². The second-order valence-electron chi connectivity index (χ2n) is 7.85. The number of benzene rings is 1. The van der Waals surface area contributed by atoms with E-state index in [0.29, 0.717) is 22.2 Å². The second kappa shape index (κ2) is 7.16. The van der Waals surface area contributed by atoms with Crippen molar-refractivity contribution in [2.24, 2.45) is 11.3 Å². The van der Waals surface area contributed by atoms with Gasteiger partial charge in [0, 0.05) is 4.88 Å². The van der Waals surface area contributed by atoms with Crippen molar-refractivity contribution in [1.82, 2.24) is 4.98 Å². The number of nitrogens with one attached hydrogen (secondary N) is 1. The Balaban J connectivity index is 1.57. The van der Waals surface area contributed by atoms with Gasteiger partial charge in [-0.2, -0.15) is 0 Å². The number of carbonyl (C=O) groups is 1. The molecule has 1 N–H and O–H groups in total. The number of fused-ring (bicyclic) bond motifs is 1. The van der Waals surface area contributed by atoms with Crippen molar-refractivity contribution in [1.29, 1.82) is 0 Å².